The summed E-state index contributed by atoms with van der Waals surface area (Å²) >= 11 is 3.49. The molecule has 2 nitrogen and oxygen atoms in total. The summed E-state index contributed by atoms with van der Waals surface area (Å²) < 4.78 is 14.1. The van der Waals surface area contributed by atoms with Crippen molar-refractivity contribution < 1.29 is 4.39 Å². The van der Waals surface area contributed by atoms with Gasteiger partial charge in [0.05, 0.1) is 0 Å². The minimum atomic E-state index is -0.186. The van der Waals surface area contributed by atoms with E-state index in [1.807, 2.05) is 6.07 Å². The Kier molecular flexibility index (Phi) is 4.76. The molecule has 1 aliphatic rings. The summed E-state index contributed by atoms with van der Waals surface area (Å²) in [7, 11) is 2.15. The van der Waals surface area contributed by atoms with Crippen molar-refractivity contribution in [2.24, 2.45) is 5.92 Å². The first kappa shape index (κ1) is 14.0. The first-order valence-electron chi connectivity index (χ1n) is 6.49. The van der Waals surface area contributed by atoms with Crippen LogP contribution in [0.25, 0.3) is 0 Å². The molecule has 1 N–H and O–H groups in total. The van der Waals surface area contributed by atoms with Gasteiger partial charge in [-0.25, -0.2) is 4.39 Å². The van der Waals surface area contributed by atoms with Gasteiger partial charge >= 0.3 is 0 Å². The molecule has 1 aliphatic heterocycles. The molecule has 2 rings (SSSR count). The third-order valence-corrected chi connectivity index (χ3v) is 4.40. The lowest BCUT2D eigenvalue weighted by Crippen LogP contribution is -2.28. The molecule has 0 radical (unpaired) electrons. The van der Waals surface area contributed by atoms with Crippen molar-refractivity contribution in [2.75, 3.05) is 26.7 Å². The maximum atomic E-state index is 13.2. The normalized spacial score (nSPS) is 24.7. The first-order chi connectivity index (χ1) is 8.63. The molecule has 2 unspecified atom stereocenters. The van der Waals surface area contributed by atoms with Crippen LogP contribution in [0.4, 0.5) is 4.39 Å². The van der Waals surface area contributed by atoms with Crippen molar-refractivity contribution in [2.45, 2.75) is 19.4 Å². The maximum absolute atomic E-state index is 13.2. The zero-order valence-corrected chi connectivity index (χ0v) is 12.5. The Morgan fingerprint density at radius 2 is 2.28 bits per heavy atom. The SMILES string of the molecule is CCNCC1CCN(C)C1c1ccc(F)cc1Br. The second-order valence-electron chi connectivity index (χ2n) is 4.95. The number of hydrogen-bond acceptors (Lipinski definition) is 2. The smallest absolute Gasteiger partial charge is 0.124 e. The van der Waals surface area contributed by atoms with Gasteiger partial charge in [0.15, 0.2) is 0 Å². The van der Waals surface area contributed by atoms with Crippen molar-refractivity contribution in [3.8, 4) is 0 Å². The van der Waals surface area contributed by atoms with Gasteiger partial charge in [-0.2, -0.15) is 0 Å². The van der Waals surface area contributed by atoms with Crippen LogP contribution in [0.1, 0.15) is 24.9 Å². The van der Waals surface area contributed by atoms with E-state index in [1.54, 1.807) is 12.1 Å². The Balaban J connectivity index is 2.22. The molecule has 18 heavy (non-hydrogen) atoms. The van der Waals surface area contributed by atoms with Crippen molar-refractivity contribution in [1.29, 1.82) is 0 Å². The molecule has 1 saturated heterocycles. The fraction of sp³-hybridized carbons (Fsp3) is 0.571. The van der Waals surface area contributed by atoms with E-state index in [0.29, 0.717) is 12.0 Å². The van der Waals surface area contributed by atoms with Crippen LogP contribution in [0.2, 0.25) is 0 Å². The molecule has 0 aliphatic carbocycles. The van der Waals surface area contributed by atoms with Crippen molar-refractivity contribution in [1.82, 2.24) is 10.2 Å². The third-order valence-electron chi connectivity index (χ3n) is 3.71. The first-order valence-corrected chi connectivity index (χ1v) is 7.28. The lowest BCUT2D eigenvalue weighted by molar-refractivity contribution is 0.272. The Morgan fingerprint density at radius 3 is 2.94 bits per heavy atom. The molecular weight excluding hydrogens is 295 g/mol. The molecule has 0 amide bonds. The van der Waals surface area contributed by atoms with Gasteiger partial charge in [0.2, 0.25) is 0 Å². The fourth-order valence-corrected chi connectivity index (χ4v) is 3.39. The standard InChI is InChI=1S/C14H20BrFN2/c1-3-17-9-10-6-7-18(2)14(10)12-5-4-11(16)8-13(12)15/h4-5,8,10,14,17H,3,6-7,9H2,1-2H3. The highest BCUT2D eigenvalue weighted by Crippen LogP contribution is 2.39. The molecule has 0 aromatic heterocycles. The molecule has 0 bridgehead atoms. The summed E-state index contributed by atoms with van der Waals surface area (Å²) in [5.74, 6) is 0.409. The van der Waals surface area contributed by atoms with Crippen LogP contribution in [-0.4, -0.2) is 31.6 Å². The fourth-order valence-electron chi connectivity index (χ4n) is 2.80. The number of benzene rings is 1. The molecule has 1 fully saturated rings. The van der Waals surface area contributed by atoms with Crippen LogP contribution in [0.5, 0.6) is 0 Å². The topological polar surface area (TPSA) is 15.3 Å². The van der Waals surface area contributed by atoms with Gasteiger partial charge in [0.1, 0.15) is 5.82 Å². The van der Waals surface area contributed by atoms with Gasteiger partial charge in [-0.05, 0) is 56.7 Å². The predicted molar refractivity (Wildman–Crippen MR) is 76.1 cm³/mol. The zero-order chi connectivity index (χ0) is 13.1. The average molecular weight is 315 g/mol. The highest BCUT2D eigenvalue weighted by atomic mass is 79.9. The summed E-state index contributed by atoms with van der Waals surface area (Å²) in [6.07, 6.45) is 1.19. The molecule has 100 valence electrons. The van der Waals surface area contributed by atoms with Crippen LogP contribution in [-0.2, 0) is 0 Å². The van der Waals surface area contributed by atoms with Crippen molar-refractivity contribution in [3.05, 3.63) is 34.1 Å². The van der Waals surface area contributed by atoms with E-state index >= 15 is 0 Å². The molecule has 4 heteroatoms. The third kappa shape index (κ3) is 2.92. The molecule has 1 aromatic carbocycles. The average Bonchev–Trinajstić information content (AvgIpc) is 2.68. The van der Waals surface area contributed by atoms with Gasteiger partial charge in [-0.1, -0.05) is 28.9 Å². The van der Waals surface area contributed by atoms with E-state index < -0.39 is 0 Å². The van der Waals surface area contributed by atoms with Gasteiger partial charge < -0.3 is 5.32 Å². The Morgan fingerprint density at radius 1 is 1.50 bits per heavy atom. The van der Waals surface area contributed by atoms with E-state index in [-0.39, 0.29) is 5.82 Å². The summed E-state index contributed by atoms with van der Waals surface area (Å²) in [6.45, 7) is 5.25. The van der Waals surface area contributed by atoms with Crippen LogP contribution >= 0.6 is 15.9 Å². The van der Waals surface area contributed by atoms with E-state index in [0.717, 1.165) is 24.1 Å². The minimum absolute atomic E-state index is 0.186. The Hall–Kier alpha value is -0.450. The van der Waals surface area contributed by atoms with E-state index in [9.17, 15) is 4.39 Å². The van der Waals surface area contributed by atoms with Gasteiger partial charge in [-0.3, -0.25) is 4.90 Å². The van der Waals surface area contributed by atoms with Gasteiger partial charge in [0.25, 0.3) is 0 Å². The maximum Gasteiger partial charge on any atom is 0.124 e. The lowest BCUT2D eigenvalue weighted by Gasteiger charge is -2.26. The number of halogens is 2. The lowest BCUT2D eigenvalue weighted by atomic mass is 9.93. The van der Waals surface area contributed by atoms with Gasteiger partial charge in [0, 0.05) is 10.5 Å². The number of hydrogen-bond donors (Lipinski definition) is 1. The predicted octanol–water partition coefficient (Wildman–Crippen LogP) is 3.19. The van der Waals surface area contributed by atoms with E-state index in [2.05, 4.69) is 40.1 Å². The monoisotopic (exact) mass is 314 g/mol. The summed E-state index contributed by atoms with van der Waals surface area (Å²) in [6, 6.07) is 5.40. The van der Waals surface area contributed by atoms with E-state index in [4.69, 9.17) is 0 Å². The second-order valence-corrected chi connectivity index (χ2v) is 5.80. The van der Waals surface area contributed by atoms with Crippen LogP contribution < -0.4 is 5.32 Å². The van der Waals surface area contributed by atoms with Crippen LogP contribution in [0.3, 0.4) is 0 Å². The summed E-state index contributed by atoms with van der Waals surface area (Å²) in [5.41, 5.74) is 1.19. The molecular formula is C14H20BrFN2. The van der Waals surface area contributed by atoms with E-state index in [1.165, 1.54) is 12.0 Å². The minimum Gasteiger partial charge on any atom is -0.317 e. The summed E-state index contributed by atoms with van der Waals surface area (Å²) in [5, 5.41) is 3.43. The number of nitrogens with one attached hydrogen (secondary N) is 1. The number of rotatable bonds is 4. The van der Waals surface area contributed by atoms with Gasteiger partial charge in [-0.15, -0.1) is 0 Å². The largest absolute Gasteiger partial charge is 0.317 e. The Bertz CT molecular complexity index is 411. The van der Waals surface area contributed by atoms with Crippen molar-refractivity contribution >= 4 is 15.9 Å². The molecule has 1 aromatic rings. The zero-order valence-electron chi connectivity index (χ0n) is 10.9. The second kappa shape index (κ2) is 6.13. The molecule has 0 spiro atoms. The van der Waals surface area contributed by atoms with Crippen LogP contribution in [0.15, 0.2) is 22.7 Å². The van der Waals surface area contributed by atoms with Crippen LogP contribution in [0, 0.1) is 11.7 Å². The molecule has 1 heterocycles. The van der Waals surface area contributed by atoms with Crippen molar-refractivity contribution in [3.63, 3.8) is 0 Å². The number of nitrogens with zero attached hydrogens (tertiary/aromatic N) is 1. The quantitative estimate of drug-likeness (QED) is 0.918. The highest BCUT2D eigenvalue weighted by molar-refractivity contribution is 9.10. The highest BCUT2D eigenvalue weighted by Gasteiger charge is 2.33. The summed E-state index contributed by atoms with van der Waals surface area (Å²) in [4.78, 5) is 2.36. The molecule has 2 atom stereocenters. The molecule has 0 saturated carbocycles. The number of likely N-dealkylation sites (tertiary alicyclic amines) is 1. The Labute approximate surface area is 117 Å².